The number of ketones is 1. The molecule has 2 saturated heterocycles. The van der Waals surface area contributed by atoms with Gasteiger partial charge in [-0.05, 0) is 55.6 Å². The van der Waals surface area contributed by atoms with Crippen molar-refractivity contribution in [3.63, 3.8) is 0 Å². The first kappa shape index (κ1) is 41.6. The Balaban J connectivity index is 1.52. The normalized spacial score (nSPS) is 20.1. The molecule has 13 heteroatoms. The summed E-state index contributed by atoms with van der Waals surface area (Å²) in [6.07, 6.45) is 1.49. The smallest absolute Gasteiger partial charge is 0.276 e. The zero-order valence-electron chi connectivity index (χ0n) is 31.7. The second-order valence-corrected chi connectivity index (χ2v) is 15.4. The van der Waals surface area contributed by atoms with Gasteiger partial charge in [0.05, 0.1) is 25.9 Å². The van der Waals surface area contributed by atoms with Gasteiger partial charge in [0.1, 0.15) is 36.8 Å². The number of quaternary nitrogens is 1. The van der Waals surface area contributed by atoms with E-state index >= 15 is 0 Å². The van der Waals surface area contributed by atoms with Crippen molar-refractivity contribution in [3.8, 4) is 0 Å². The molecular formula is C40H57N5O8. The van der Waals surface area contributed by atoms with Gasteiger partial charge in [0.25, 0.3) is 5.91 Å². The van der Waals surface area contributed by atoms with E-state index in [9.17, 15) is 29.2 Å². The molecule has 0 aromatic heterocycles. The summed E-state index contributed by atoms with van der Waals surface area (Å²) in [7, 11) is 0. The molecule has 4 rings (SSSR count). The van der Waals surface area contributed by atoms with Gasteiger partial charge in [-0.1, -0.05) is 88.4 Å². The van der Waals surface area contributed by atoms with Crippen molar-refractivity contribution in [2.75, 3.05) is 39.5 Å². The number of nitrogens with one attached hydrogen (secondary N) is 4. The summed E-state index contributed by atoms with van der Waals surface area (Å²) in [4.78, 5) is 68.5. The van der Waals surface area contributed by atoms with Crippen LogP contribution in [0.1, 0.15) is 65.0 Å². The van der Waals surface area contributed by atoms with Crippen LogP contribution in [-0.4, -0.2) is 103 Å². The van der Waals surface area contributed by atoms with E-state index in [1.165, 1.54) is 0 Å². The van der Waals surface area contributed by atoms with Gasteiger partial charge in [-0.3, -0.25) is 24.0 Å². The van der Waals surface area contributed by atoms with Crippen LogP contribution in [-0.2, 0) is 46.3 Å². The Bertz CT molecular complexity index is 1530. The zero-order chi connectivity index (χ0) is 38.6. The molecule has 13 nitrogen and oxygen atoms in total. The number of epoxide rings is 1. The zero-order valence-corrected chi connectivity index (χ0v) is 31.7. The molecule has 53 heavy (non-hydrogen) atoms. The number of hydrogen-bond donors (Lipinski definition) is 4. The molecule has 4 amide bonds. The van der Waals surface area contributed by atoms with Crippen LogP contribution >= 0.6 is 0 Å². The monoisotopic (exact) mass is 735 g/mol. The van der Waals surface area contributed by atoms with Crippen molar-refractivity contribution in [2.45, 2.75) is 96.5 Å². The second-order valence-electron chi connectivity index (χ2n) is 15.4. The highest BCUT2D eigenvalue weighted by Crippen LogP contribution is 2.29. The Morgan fingerprint density at radius 1 is 0.717 bits per heavy atom. The number of Topliss-reactive ketones (excluding diaryl/α,β-unsaturated/α-hetero) is 1. The molecule has 290 valence electrons. The number of morpholine rings is 1. The van der Waals surface area contributed by atoms with Gasteiger partial charge in [0.15, 0.2) is 12.3 Å². The fourth-order valence-electron chi connectivity index (χ4n) is 6.46. The van der Waals surface area contributed by atoms with Crippen molar-refractivity contribution in [2.24, 2.45) is 11.8 Å². The van der Waals surface area contributed by atoms with Crippen molar-refractivity contribution in [1.29, 1.82) is 0 Å². The highest BCUT2D eigenvalue weighted by Gasteiger charge is 2.50. The number of aryl methyl sites for hydroxylation is 1. The van der Waals surface area contributed by atoms with E-state index in [1.54, 1.807) is 6.92 Å². The quantitative estimate of drug-likeness (QED) is 0.0911. The van der Waals surface area contributed by atoms with Crippen LogP contribution in [0.2, 0.25) is 0 Å². The van der Waals surface area contributed by atoms with E-state index in [-0.39, 0.29) is 76.3 Å². The number of nitrogens with zero attached hydrogens (tertiary/aromatic N) is 1. The molecule has 4 N–H and O–H groups in total. The lowest BCUT2D eigenvalue weighted by Gasteiger charge is -2.44. The SMILES string of the molecule is CC(C)CC(NC(=O)C(CCc1ccccc1)NC(=O)C[N+]1([O-])CCOCC1)C(=O)NC(Cc1ccccc1)C(=O)NC(CC(C)C)C(=O)[C@@]1(C)CO1. The maximum absolute atomic E-state index is 14.1. The van der Waals surface area contributed by atoms with Gasteiger partial charge in [0, 0.05) is 6.42 Å². The summed E-state index contributed by atoms with van der Waals surface area (Å²) in [5, 5.41) is 24.5. The van der Waals surface area contributed by atoms with Crippen LogP contribution in [0.3, 0.4) is 0 Å². The Labute approximate surface area is 313 Å². The minimum atomic E-state index is -1.06. The number of hydrogen-bond acceptors (Lipinski definition) is 8. The van der Waals surface area contributed by atoms with Crippen LogP contribution < -0.4 is 21.3 Å². The molecule has 5 atom stereocenters. The molecule has 2 heterocycles. The van der Waals surface area contributed by atoms with Crippen molar-refractivity contribution in [1.82, 2.24) is 21.3 Å². The van der Waals surface area contributed by atoms with E-state index in [0.29, 0.717) is 12.8 Å². The summed E-state index contributed by atoms with van der Waals surface area (Å²) in [5.74, 6) is -2.36. The molecule has 0 aliphatic carbocycles. The maximum atomic E-state index is 14.1. The summed E-state index contributed by atoms with van der Waals surface area (Å²) >= 11 is 0. The lowest BCUT2D eigenvalue weighted by molar-refractivity contribution is -0.880. The third kappa shape index (κ3) is 13.3. The molecule has 4 unspecified atom stereocenters. The Hall–Kier alpha value is -4.17. The molecule has 2 aliphatic heterocycles. The van der Waals surface area contributed by atoms with Gasteiger partial charge in [-0.2, -0.15) is 0 Å². The Morgan fingerprint density at radius 3 is 1.77 bits per heavy atom. The average Bonchev–Trinajstić information content (AvgIpc) is 3.87. The number of ether oxygens (including phenoxy) is 2. The Kier molecular flexibility index (Phi) is 15.1. The predicted molar refractivity (Wildman–Crippen MR) is 200 cm³/mol. The van der Waals surface area contributed by atoms with E-state index in [4.69, 9.17) is 9.47 Å². The molecule has 0 spiro atoms. The fourth-order valence-corrected chi connectivity index (χ4v) is 6.46. The lowest BCUT2D eigenvalue weighted by Crippen LogP contribution is -2.60. The first-order chi connectivity index (χ1) is 25.2. The van der Waals surface area contributed by atoms with Gasteiger partial charge in [-0.15, -0.1) is 0 Å². The van der Waals surface area contributed by atoms with Gasteiger partial charge in [0.2, 0.25) is 17.7 Å². The number of carbonyl (C=O) groups excluding carboxylic acids is 5. The van der Waals surface area contributed by atoms with E-state index in [1.807, 2.05) is 88.4 Å². The van der Waals surface area contributed by atoms with Crippen LogP contribution in [0.15, 0.2) is 60.7 Å². The molecule has 0 bridgehead atoms. The molecule has 2 aromatic rings. The minimum Gasteiger partial charge on any atom is -0.632 e. The second kappa shape index (κ2) is 19.2. The summed E-state index contributed by atoms with van der Waals surface area (Å²) in [6.45, 7) is 10.2. The van der Waals surface area contributed by atoms with Crippen LogP contribution in [0.5, 0.6) is 0 Å². The molecule has 2 aliphatic rings. The third-order valence-corrected chi connectivity index (χ3v) is 9.63. The number of amides is 4. The van der Waals surface area contributed by atoms with Gasteiger partial charge in [-0.25, -0.2) is 0 Å². The molecular weight excluding hydrogens is 678 g/mol. The number of carbonyl (C=O) groups is 5. The summed E-state index contributed by atoms with van der Waals surface area (Å²) in [6, 6.07) is 14.8. The molecule has 0 radical (unpaired) electrons. The first-order valence-electron chi connectivity index (χ1n) is 18.8. The van der Waals surface area contributed by atoms with Crippen molar-refractivity contribution in [3.05, 3.63) is 77.0 Å². The number of rotatable bonds is 20. The fraction of sp³-hybridized carbons (Fsp3) is 0.575. The minimum absolute atomic E-state index is 0.0247. The molecule has 2 aromatic carbocycles. The van der Waals surface area contributed by atoms with Crippen LogP contribution in [0.4, 0.5) is 0 Å². The van der Waals surface area contributed by atoms with E-state index in [2.05, 4.69) is 21.3 Å². The summed E-state index contributed by atoms with van der Waals surface area (Å²) < 4.78 is 9.95. The Morgan fingerprint density at radius 2 is 1.21 bits per heavy atom. The highest BCUT2D eigenvalue weighted by atomic mass is 16.6. The van der Waals surface area contributed by atoms with Crippen molar-refractivity contribution >= 4 is 29.4 Å². The third-order valence-electron chi connectivity index (χ3n) is 9.63. The van der Waals surface area contributed by atoms with Gasteiger partial charge < -0.3 is 40.6 Å². The van der Waals surface area contributed by atoms with Crippen molar-refractivity contribution < 1.29 is 38.1 Å². The lowest BCUT2D eigenvalue weighted by atomic mass is 9.93. The molecule has 2 fully saturated rings. The van der Waals surface area contributed by atoms with Crippen LogP contribution in [0, 0.1) is 17.0 Å². The van der Waals surface area contributed by atoms with E-state index < -0.39 is 58.0 Å². The highest BCUT2D eigenvalue weighted by molar-refractivity contribution is 5.98. The molecule has 0 saturated carbocycles. The number of hydroxylamine groups is 3. The first-order valence-corrected chi connectivity index (χ1v) is 18.8. The van der Waals surface area contributed by atoms with Gasteiger partial charge >= 0.3 is 0 Å². The van der Waals surface area contributed by atoms with Crippen LogP contribution in [0.25, 0.3) is 0 Å². The van der Waals surface area contributed by atoms with E-state index in [0.717, 1.165) is 11.1 Å². The maximum Gasteiger partial charge on any atom is 0.276 e. The predicted octanol–water partition coefficient (Wildman–Crippen LogP) is 2.60. The summed E-state index contributed by atoms with van der Waals surface area (Å²) in [5.41, 5.74) is 0.814. The topological polar surface area (TPSA) is 178 Å². The largest absolute Gasteiger partial charge is 0.632 e. The standard InChI is InChI=1S/C40H57N5O8/c1-27(2)22-32(36(47)40(5)26-53-40)42-39(50)34(24-30-14-10-7-11-15-30)44-38(49)33(23-28(3)4)43-37(48)31(17-16-29-12-8-6-9-13-29)41-35(46)25-45(51)18-20-52-21-19-45/h6-15,27-28,31-34H,16-26H2,1-5H3,(H,41,46)(H,42,50)(H,43,48)(H,44,49)/t31?,32?,33?,34?,40-/m1/s1. The average molecular weight is 736 g/mol. The number of benzene rings is 2.